The van der Waals surface area contributed by atoms with E-state index >= 15 is 0 Å². The maximum Gasteiger partial charge on any atom is 0.251 e. The molecule has 2 amide bonds. The second kappa shape index (κ2) is 8.31. The lowest BCUT2D eigenvalue weighted by atomic mass is 10.0. The van der Waals surface area contributed by atoms with Crippen molar-refractivity contribution in [1.82, 2.24) is 5.32 Å². The Morgan fingerprint density at radius 1 is 0.931 bits per heavy atom. The normalized spacial score (nSPS) is 12.5. The molecule has 1 aliphatic heterocycles. The molecule has 0 aromatic heterocycles. The quantitative estimate of drug-likeness (QED) is 0.700. The van der Waals surface area contributed by atoms with Gasteiger partial charge in [0.2, 0.25) is 5.91 Å². The highest BCUT2D eigenvalue weighted by atomic mass is 16.2. The van der Waals surface area contributed by atoms with Crippen molar-refractivity contribution in [2.24, 2.45) is 0 Å². The van der Waals surface area contributed by atoms with Crippen LogP contribution in [0.25, 0.3) is 11.1 Å². The summed E-state index contributed by atoms with van der Waals surface area (Å²) in [6.07, 6.45) is 1.41. The van der Waals surface area contributed by atoms with Crippen molar-refractivity contribution in [2.45, 2.75) is 26.3 Å². The predicted octanol–water partition coefficient (Wildman–Crippen LogP) is 4.58. The molecule has 3 aromatic carbocycles. The van der Waals surface area contributed by atoms with Gasteiger partial charge in [0.15, 0.2) is 0 Å². The topological polar surface area (TPSA) is 49.4 Å². The van der Waals surface area contributed by atoms with Crippen molar-refractivity contribution in [3.8, 4) is 11.1 Å². The van der Waals surface area contributed by atoms with Crippen LogP contribution in [0.15, 0.2) is 72.8 Å². The summed E-state index contributed by atoms with van der Waals surface area (Å²) in [5.41, 5.74) is 6.11. The Morgan fingerprint density at radius 3 is 2.38 bits per heavy atom. The summed E-state index contributed by atoms with van der Waals surface area (Å²) in [5.74, 6) is 0.0884. The van der Waals surface area contributed by atoms with Crippen molar-refractivity contribution in [1.29, 1.82) is 0 Å². The number of anilines is 1. The number of fused-ring (bicyclic) bond motifs is 1. The Bertz CT molecular complexity index is 1030. The van der Waals surface area contributed by atoms with Crippen LogP contribution in [-0.4, -0.2) is 18.4 Å². The Hall–Kier alpha value is -3.40. The van der Waals surface area contributed by atoms with Crippen LogP contribution >= 0.6 is 0 Å². The lowest BCUT2D eigenvalue weighted by Crippen LogP contribution is -2.27. The molecule has 3 aromatic rings. The number of nitrogens with one attached hydrogen (secondary N) is 1. The molecule has 0 saturated heterocycles. The summed E-state index contributed by atoms with van der Waals surface area (Å²) in [4.78, 5) is 26.3. The number of carbonyl (C=O) groups is 2. The number of hydrogen-bond donors (Lipinski definition) is 1. The predicted molar refractivity (Wildman–Crippen MR) is 116 cm³/mol. The van der Waals surface area contributed by atoms with Gasteiger partial charge in [0.25, 0.3) is 5.91 Å². The van der Waals surface area contributed by atoms with E-state index in [1.165, 1.54) is 5.56 Å². The van der Waals surface area contributed by atoms with Crippen LogP contribution in [0.2, 0.25) is 0 Å². The Labute approximate surface area is 171 Å². The Morgan fingerprint density at radius 2 is 1.66 bits per heavy atom. The van der Waals surface area contributed by atoms with Gasteiger partial charge in [-0.2, -0.15) is 0 Å². The highest BCUT2D eigenvalue weighted by Gasteiger charge is 2.23. The Kier molecular flexibility index (Phi) is 5.43. The number of amides is 2. The summed E-state index contributed by atoms with van der Waals surface area (Å²) in [5, 5.41) is 2.95. The molecule has 0 atom stereocenters. The zero-order valence-electron chi connectivity index (χ0n) is 16.5. The van der Waals surface area contributed by atoms with Crippen LogP contribution in [-0.2, 0) is 17.8 Å². The van der Waals surface area contributed by atoms with E-state index in [2.05, 4.69) is 11.4 Å². The number of rotatable bonds is 5. The molecule has 0 bridgehead atoms. The van der Waals surface area contributed by atoms with Gasteiger partial charge < -0.3 is 10.2 Å². The first-order valence-corrected chi connectivity index (χ1v) is 10.0. The smallest absolute Gasteiger partial charge is 0.251 e. The third kappa shape index (κ3) is 4.06. The van der Waals surface area contributed by atoms with Crippen LogP contribution < -0.4 is 10.2 Å². The van der Waals surface area contributed by atoms with E-state index in [4.69, 9.17) is 0 Å². The molecule has 1 aliphatic rings. The van der Waals surface area contributed by atoms with Gasteiger partial charge in [-0.25, -0.2) is 0 Å². The first kappa shape index (κ1) is 18.9. The van der Waals surface area contributed by atoms with Crippen molar-refractivity contribution >= 4 is 17.5 Å². The molecule has 0 fully saturated rings. The van der Waals surface area contributed by atoms with E-state index in [-0.39, 0.29) is 11.8 Å². The third-order valence-electron chi connectivity index (χ3n) is 5.35. The van der Waals surface area contributed by atoms with Crippen LogP contribution in [0, 0.1) is 0 Å². The fourth-order valence-corrected chi connectivity index (χ4v) is 3.73. The largest absolute Gasteiger partial charge is 0.348 e. The molecule has 0 unspecified atom stereocenters. The van der Waals surface area contributed by atoms with Gasteiger partial charge in [-0.3, -0.25) is 9.59 Å². The maximum absolute atomic E-state index is 12.4. The molecule has 0 spiro atoms. The maximum atomic E-state index is 12.4. The van der Waals surface area contributed by atoms with Gasteiger partial charge in [0.05, 0.1) is 0 Å². The number of benzene rings is 3. The fourth-order valence-electron chi connectivity index (χ4n) is 3.73. The van der Waals surface area contributed by atoms with Gasteiger partial charge >= 0.3 is 0 Å². The molecule has 4 nitrogen and oxygen atoms in total. The highest BCUT2D eigenvalue weighted by molar-refractivity contribution is 5.96. The molecule has 1 heterocycles. The van der Waals surface area contributed by atoms with Gasteiger partial charge in [-0.05, 0) is 52.9 Å². The van der Waals surface area contributed by atoms with Crippen molar-refractivity contribution in [3.63, 3.8) is 0 Å². The Balaban J connectivity index is 1.45. The van der Waals surface area contributed by atoms with Gasteiger partial charge in [-0.1, -0.05) is 55.5 Å². The molecule has 29 heavy (non-hydrogen) atoms. The van der Waals surface area contributed by atoms with E-state index in [0.29, 0.717) is 18.5 Å². The lowest BCUT2D eigenvalue weighted by Gasteiger charge is -2.16. The van der Waals surface area contributed by atoms with Crippen LogP contribution in [0.4, 0.5) is 5.69 Å². The summed E-state index contributed by atoms with van der Waals surface area (Å²) < 4.78 is 0. The molecule has 146 valence electrons. The van der Waals surface area contributed by atoms with Gasteiger partial charge in [0, 0.05) is 30.8 Å². The van der Waals surface area contributed by atoms with E-state index in [1.54, 1.807) is 0 Å². The second-order valence-corrected chi connectivity index (χ2v) is 7.24. The minimum atomic E-state index is -0.0805. The summed E-state index contributed by atoms with van der Waals surface area (Å²) in [6, 6.07) is 23.8. The zero-order valence-corrected chi connectivity index (χ0v) is 16.5. The average molecular weight is 384 g/mol. The highest BCUT2D eigenvalue weighted by Crippen LogP contribution is 2.32. The number of carbonyl (C=O) groups excluding carboxylic acids is 2. The summed E-state index contributed by atoms with van der Waals surface area (Å²) >= 11 is 0. The monoisotopic (exact) mass is 384 g/mol. The van der Waals surface area contributed by atoms with E-state index in [0.717, 1.165) is 35.3 Å². The second-order valence-electron chi connectivity index (χ2n) is 7.24. The fraction of sp³-hybridized carbons (Fsp3) is 0.200. The first-order valence-electron chi connectivity index (χ1n) is 10.0. The van der Waals surface area contributed by atoms with Gasteiger partial charge in [0.1, 0.15) is 0 Å². The molecule has 0 radical (unpaired) electrons. The molecular weight excluding hydrogens is 360 g/mol. The van der Waals surface area contributed by atoms with Crippen LogP contribution in [0.5, 0.6) is 0 Å². The zero-order chi connectivity index (χ0) is 20.2. The van der Waals surface area contributed by atoms with E-state index in [1.807, 2.05) is 78.6 Å². The van der Waals surface area contributed by atoms with Crippen molar-refractivity contribution in [2.75, 3.05) is 11.4 Å². The SMILES string of the molecule is CCC(=O)N1CCc2cc(-c3ccc(C(=O)NCc4ccccc4)cc3)ccc21. The first-order chi connectivity index (χ1) is 14.2. The molecule has 4 rings (SSSR count). The number of nitrogens with zero attached hydrogens (tertiary/aromatic N) is 1. The van der Waals surface area contributed by atoms with Gasteiger partial charge in [-0.15, -0.1) is 0 Å². The average Bonchev–Trinajstić information content (AvgIpc) is 3.21. The van der Waals surface area contributed by atoms with E-state index in [9.17, 15) is 9.59 Å². The summed E-state index contributed by atoms with van der Waals surface area (Å²) in [7, 11) is 0. The van der Waals surface area contributed by atoms with Crippen LogP contribution in [0.3, 0.4) is 0 Å². The molecule has 0 aliphatic carbocycles. The van der Waals surface area contributed by atoms with Crippen molar-refractivity contribution < 1.29 is 9.59 Å². The minimum absolute atomic E-state index is 0.0805. The standard InChI is InChI=1S/C25H24N2O2/c1-2-24(28)27-15-14-22-16-21(12-13-23(22)27)19-8-10-20(11-9-19)25(29)26-17-18-6-4-3-5-7-18/h3-13,16H,2,14-15,17H2,1H3,(H,26,29). The molecular formula is C25H24N2O2. The lowest BCUT2D eigenvalue weighted by molar-refractivity contribution is -0.118. The number of hydrogen-bond acceptors (Lipinski definition) is 2. The van der Waals surface area contributed by atoms with E-state index < -0.39 is 0 Å². The third-order valence-corrected chi connectivity index (χ3v) is 5.35. The molecule has 4 heteroatoms. The summed E-state index contributed by atoms with van der Waals surface area (Å²) in [6.45, 7) is 3.16. The van der Waals surface area contributed by atoms with Crippen LogP contribution in [0.1, 0.15) is 34.8 Å². The molecule has 0 saturated carbocycles. The molecule has 1 N–H and O–H groups in total. The van der Waals surface area contributed by atoms with Crippen molar-refractivity contribution in [3.05, 3.63) is 89.5 Å². The minimum Gasteiger partial charge on any atom is -0.348 e.